The minimum Gasteiger partial charge on any atom is -0.264 e. The van der Waals surface area contributed by atoms with Crippen molar-refractivity contribution in [3.63, 3.8) is 0 Å². The van der Waals surface area contributed by atoms with E-state index < -0.39 is 0 Å². The van der Waals surface area contributed by atoms with Crippen LogP contribution in [-0.2, 0) is 0 Å². The molecule has 1 aromatic heterocycles. The monoisotopic (exact) mass is 771 g/mol. The number of rotatable bonds is 4. The van der Waals surface area contributed by atoms with Gasteiger partial charge in [0.25, 0.3) is 0 Å². The van der Waals surface area contributed by atoms with E-state index in [0.717, 1.165) is 11.8 Å². The van der Waals surface area contributed by atoms with Crippen molar-refractivity contribution >= 4 is 86.6 Å². The van der Waals surface area contributed by atoms with Crippen LogP contribution < -0.4 is 10.4 Å². The van der Waals surface area contributed by atoms with Crippen LogP contribution in [0.1, 0.15) is 17.5 Å². The Kier molecular flexibility index (Phi) is 7.44. The van der Waals surface area contributed by atoms with Gasteiger partial charge in [-0.05, 0) is 174 Å². The summed E-state index contributed by atoms with van der Waals surface area (Å²) in [5.74, 6) is 0. The third-order valence-corrected chi connectivity index (χ3v) is 13.4. The Bertz CT molecular complexity index is 3640. The summed E-state index contributed by atoms with van der Waals surface area (Å²) < 4.78 is 0. The van der Waals surface area contributed by atoms with Gasteiger partial charge in [-0.2, -0.15) is 0 Å². The first-order chi connectivity index (χ1) is 30.2. The van der Waals surface area contributed by atoms with Crippen molar-refractivity contribution in [3.8, 4) is 22.3 Å². The highest BCUT2D eigenvalue weighted by Crippen LogP contribution is 2.40. The minimum absolute atomic E-state index is 0.842. The highest BCUT2D eigenvalue weighted by Gasteiger charge is 2.20. The van der Waals surface area contributed by atoms with Crippen molar-refractivity contribution in [2.75, 3.05) is 0 Å². The molecule has 0 saturated carbocycles. The molecule has 0 atom stereocenters. The second-order valence-corrected chi connectivity index (χ2v) is 16.6. The molecule has 12 aromatic rings. The van der Waals surface area contributed by atoms with E-state index >= 15 is 0 Å². The van der Waals surface area contributed by atoms with E-state index in [1.54, 1.807) is 0 Å². The van der Waals surface area contributed by atoms with Crippen molar-refractivity contribution in [3.05, 3.63) is 234 Å². The highest BCUT2D eigenvalue weighted by atomic mass is 14.6. The largest absolute Gasteiger partial charge is 0.264 e. The smallest absolute Gasteiger partial charge is 0.0346 e. The maximum atomic E-state index is 4.52. The summed E-state index contributed by atoms with van der Waals surface area (Å²) >= 11 is 0. The van der Waals surface area contributed by atoms with Crippen molar-refractivity contribution in [2.24, 2.45) is 0 Å². The average Bonchev–Trinajstić information content (AvgIpc) is 3.71. The first-order valence-corrected chi connectivity index (χ1v) is 21.2. The Labute approximate surface area is 352 Å². The number of benzene rings is 11. The van der Waals surface area contributed by atoms with E-state index in [2.05, 4.69) is 205 Å². The molecule has 0 N–H and O–H groups in total. The predicted octanol–water partition coefficient (Wildman–Crippen LogP) is 14.3. The Morgan fingerprint density at radius 1 is 0.262 bits per heavy atom. The standard InChI is InChI=1S/C60H37N/c1-3-19-49-45(15-1)47-17-5-7-21-51(47)57-31-39(23-25-53(49)57)37-11-9-13-42(29-37)55-35-56(60-34-44-36-61-28-27-41(44)33-59(55)60)43-14-10-12-38(30-43)40-24-26-54-50-20-4-2-16-46(50)48-18-6-8-22-52(48)58(54)32-40/h1-34,36H,35H2. The summed E-state index contributed by atoms with van der Waals surface area (Å²) in [7, 11) is 0. The summed E-state index contributed by atoms with van der Waals surface area (Å²) in [6.07, 6.45) is 4.74. The fourth-order valence-corrected chi connectivity index (χ4v) is 10.5. The van der Waals surface area contributed by atoms with E-state index in [0.29, 0.717) is 0 Å². The van der Waals surface area contributed by atoms with Crippen LogP contribution in [0.15, 0.2) is 213 Å². The first-order valence-electron chi connectivity index (χ1n) is 21.2. The Morgan fingerprint density at radius 2 is 0.623 bits per heavy atom. The molecule has 0 fully saturated rings. The number of fused-ring (bicyclic) bond motifs is 14. The van der Waals surface area contributed by atoms with Gasteiger partial charge in [0, 0.05) is 17.8 Å². The molecular formula is C60H37N. The van der Waals surface area contributed by atoms with E-state index in [4.69, 9.17) is 0 Å². The number of nitrogens with zero attached hydrogens (tertiary/aromatic N) is 1. The lowest BCUT2D eigenvalue weighted by atomic mass is 9.90. The molecule has 1 aliphatic carbocycles. The molecule has 1 aliphatic rings. The van der Waals surface area contributed by atoms with Crippen LogP contribution in [0.4, 0.5) is 0 Å². The molecule has 0 unspecified atom stereocenters. The molecule has 282 valence electrons. The van der Waals surface area contributed by atoms with Gasteiger partial charge in [-0.15, -0.1) is 0 Å². The zero-order chi connectivity index (χ0) is 40.0. The molecule has 13 rings (SSSR count). The normalized spacial score (nSPS) is 12.8. The third-order valence-electron chi connectivity index (χ3n) is 13.4. The molecule has 0 radical (unpaired) electrons. The predicted molar refractivity (Wildman–Crippen MR) is 259 cm³/mol. The highest BCUT2D eigenvalue weighted by molar-refractivity contribution is 6.27. The first kappa shape index (κ1) is 34.0. The SMILES string of the molecule is c1cc(C2=c3cc4ccncc4cc3=C(c3cccc(-c4ccc5c6ccccc6c6ccccc6c5c4)c3)C2)cc(-c2ccc3c4ccccc4c4ccccc4c3c2)c1. The third kappa shape index (κ3) is 5.31. The fraction of sp³-hybridized carbons (Fsp3) is 0.0167. The van der Waals surface area contributed by atoms with Crippen LogP contribution in [-0.4, -0.2) is 4.98 Å². The molecule has 0 spiro atoms. The maximum Gasteiger partial charge on any atom is 0.0346 e. The maximum absolute atomic E-state index is 4.52. The molecule has 1 nitrogen and oxygen atoms in total. The van der Waals surface area contributed by atoms with E-state index in [1.165, 1.54) is 125 Å². The van der Waals surface area contributed by atoms with Gasteiger partial charge in [-0.1, -0.05) is 158 Å². The van der Waals surface area contributed by atoms with Gasteiger partial charge in [-0.3, -0.25) is 4.98 Å². The van der Waals surface area contributed by atoms with E-state index in [-0.39, 0.29) is 0 Å². The molecule has 11 aromatic carbocycles. The number of aromatic nitrogens is 1. The van der Waals surface area contributed by atoms with Gasteiger partial charge in [0.15, 0.2) is 0 Å². The van der Waals surface area contributed by atoms with Gasteiger partial charge in [0.05, 0.1) is 0 Å². The van der Waals surface area contributed by atoms with Crippen LogP contribution in [0.25, 0.3) is 109 Å². The number of pyridine rings is 1. The topological polar surface area (TPSA) is 12.9 Å². The quantitative estimate of drug-likeness (QED) is 0.162. The summed E-state index contributed by atoms with van der Waals surface area (Å²) in [5.41, 5.74) is 10.1. The van der Waals surface area contributed by atoms with Crippen molar-refractivity contribution < 1.29 is 0 Å². The molecule has 0 aliphatic heterocycles. The summed E-state index contributed by atoms with van der Waals surface area (Å²) in [6.45, 7) is 0. The molecule has 0 saturated heterocycles. The van der Waals surface area contributed by atoms with Crippen molar-refractivity contribution in [2.45, 2.75) is 6.42 Å². The fourth-order valence-electron chi connectivity index (χ4n) is 10.5. The summed E-state index contributed by atoms with van der Waals surface area (Å²) in [4.78, 5) is 4.52. The van der Waals surface area contributed by atoms with E-state index in [9.17, 15) is 0 Å². The van der Waals surface area contributed by atoms with Crippen molar-refractivity contribution in [1.82, 2.24) is 4.98 Å². The Morgan fingerprint density at radius 3 is 1.07 bits per heavy atom. The van der Waals surface area contributed by atoms with Crippen LogP contribution in [0.2, 0.25) is 0 Å². The number of hydrogen-bond donors (Lipinski definition) is 0. The number of hydrogen-bond acceptors (Lipinski definition) is 1. The van der Waals surface area contributed by atoms with Gasteiger partial charge < -0.3 is 0 Å². The minimum atomic E-state index is 0.842. The van der Waals surface area contributed by atoms with Crippen molar-refractivity contribution in [1.29, 1.82) is 0 Å². The van der Waals surface area contributed by atoms with Crippen LogP contribution >= 0.6 is 0 Å². The lowest BCUT2D eigenvalue weighted by molar-refractivity contribution is 1.36. The van der Waals surface area contributed by atoms with Gasteiger partial charge in [0.1, 0.15) is 0 Å². The van der Waals surface area contributed by atoms with Gasteiger partial charge >= 0.3 is 0 Å². The molecule has 61 heavy (non-hydrogen) atoms. The Hall–Kier alpha value is -7.87. The summed E-state index contributed by atoms with van der Waals surface area (Å²) in [6, 6.07) is 74.6. The molecule has 0 amide bonds. The molecule has 1 heteroatoms. The second kappa shape index (κ2) is 13.3. The molecule has 1 heterocycles. The van der Waals surface area contributed by atoms with Gasteiger partial charge in [0.2, 0.25) is 0 Å². The Balaban J connectivity index is 0.956. The van der Waals surface area contributed by atoms with Crippen LogP contribution in [0.5, 0.6) is 0 Å². The zero-order valence-corrected chi connectivity index (χ0v) is 33.4. The van der Waals surface area contributed by atoms with Gasteiger partial charge in [-0.25, -0.2) is 0 Å². The average molecular weight is 772 g/mol. The zero-order valence-electron chi connectivity index (χ0n) is 33.4. The second-order valence-electron chi connectivity index (χ2n) is 16.6. The van der Waals surface area contributed by atoms with Crippen LogP contribution in [0.3, 0.4) is 0 Å². The lowest BCUT2D eigenvalue weighted by Crippen LogP contribution is -2.24. The molecular weight excluding hydrogens is 735 g/mol. The van der Waals surface area contributed by atoms with Crippen LogP contribution in [0, 0.1) is 0 Å². The lowest BCUT2D eigenvalue weighted by Gasteiger charge is -2.14. The molecule has 0 bridgehead atoms. The summed E-state index contributed by atoms with van der Waals surface area (Å²) in [5, 5.41) is 20.5. The van der Waals surface area contributed by atoms with E-state index in [1.807, 2.05) is 12.4 Å².